The number of ether oxygens (including phenoxy) is 2. The molecule has 19 heavy (non-hydrogen) atoms. The van der Waals surface area contributed by atoms with Crippen LogP contribution in [0.25, 0.3) is 0 Å². The van der Waals surface area contributed by atoms with Gasteiger partial charge in [-0.25, -0.2) is 0 Å². The van der Waals surface area contributed by atoms with Gasteiger partial charge in [0.1, 0.15) is 0 Å². The minimum absolute atomic E-state index is 0.238. The van der Waals surface area contributed by atoms with Gasteiger partial charge in [0.25, 0.3) is 0 Å². The van der Waals surface area contributed by atoms with E-state index < -0.39 is 10.8 Å². The number of unbranched alkanes of at least 4 members (excludes halogenated alkanes) is 1. The third-order valence-electron chi connectivity index (χ3n) is 2.93. The Balaban J connectivity index is 2.71. The van der Waals surface area contributed by atoms with Gasteiger partial charge in [-0.15, -0.1) is 0 Å². The molecule has 0 aromatic heterocycles. The fourth-order valence-corrected chi connectivity index (χ4v) is 3.14. The van der Waals surface area contributed by atoms with E-state index in [1.807, 2.05) is 18.2 Å². The number of hydrogen-bond acceptors (Lipinski definition) is 4. The Morgan fingerprint density at radius 2 is 1.95 bits per heavy atom. The molecule has 0 aliphatic carbocycles. The third-order valence-corrected chi connectivity index (χ3v) is 4.40. The number of benzene rings is 1. The van der Waals surface area contributed by atoms with Crippen molar-refractivity contribution in [3.63, 3.8) is 0 Å². The second-order valence-corrected chi connectivity index (χ2v) is 6.01. The van der Waals surface area contributed by atoms with E-state index in [-0.39, 0.29) is 6.04 Å². The Hall–Kier alpha value is -1.07. The number of nitrogens with two attached hydrogens (primary N) is 1. The van der Waals surface area contributed by atoms with Gasteiger partial charge < -0.3 is 15.2 Å². The van der Waals surface area contributed by atoms with Crippen molar-refractivity contribution in [1.82, 2.24) is 0 Å². The molecule has 1 rings (SSSR count). The van der Waals surface area contributed by atoms with Crippen LogP contribution in [0.15, 0.2) is 18.2 Å². The van der Waals surface area contributed by atoms with Crippen LogP contribution in [0.4, 0.5) is 0 Å². The normalized spacial score (nSPS) is 13.9. The average molecular weight is 285 g/mol. The first-order chi connectivity index (χ1) is 9.12. The lowest BCUT2D eigenvalue weighted by molar-refractivity contribution is 0.354. The summed E-state index contributed by atoms with van der Waals surface area (Å²) >= 11 is 0. The zero-order valence-corrected chi connectivity index (χ0v) is 12.7. The molecule has 2 atom stereocenters. The summed E-state index contributed by atoms with van der Waals surface area (Å²) in [4.78, 5) is 0. The predicted molar refractivity (Wildman–Crippen MR) is 79.3 cm³/mol. The SMILES string of the molecule is CCCCS(=O)CC(N)c1ccc(OC)c(OC)c1. The van der Waals surface area contributed by atoms with Gasteiger partial charge in [0.2, 0.25) is 0 Å². The molecular weight excluding hydrogens is 262 g/mol. The van der Waals surface area contributed by atoms with Crippen LogP contribution in [-0.2, 0) is 10.8 Å². The van der Waals surface area contributed by atoms with E-state index in [1.54, 1.807) is 14.2 Å². The predicted octanol–water partition coefficient (Wildman–Crippen LogP) is 2.25. The molecule has 0 heterocycles. The van der Waals surface area contributed by atoms with Crippen LogP contribution in [0.1, 0.15) is 31.4 Å². The van der Waals surface area contributed by atoms with Crippen molar-refractivity contribution in [2.75, 3.05) is 25.7 Å². The summed E-state index contributed by atoms with van der Waals surface area (Å²) in [5.74, 6) is 2.52. The van der Waals surface area contributed by atoms with Crippen molar-refractivity contribution >= 4 is 10.8 Å². The molecule has 0 saturated carbocycles. The highest BCUT2D eigenvalue weighted by atomic mass is 32.2. The molecule has 2 unspecified atom stereocenters. The maximum atomic E-state index is 11.8. The molecule has 4 nitrogen and oxygen atoms in total. The summed E-state index contributed by atoms with van der Waals surface area (Å²) in [5, 5.41) is 0. The average Bonchev–Trinajstić information content (AvgIpc) is 2.44. The van der Waals surface area contributed by atoms with Crippen LogP contribution in [0.3, 0.4) is 0 Å². The van der Waals surface area contributed by atoms with Gasteiger partial charge in [0.05, 0.1) is 14.2 Å². The van der Waals surface area contributed by atoms with Gasteiger partial charge >= 0.3 is 0 Å². The van der Waals surface area contributed by atoms with Crippen LogP contribution in [0.2, 0.25) is 0 Å². The molecule has 0 fully saturated rings. The zero-order chi connectivity index (χ0) is 14.3. The Labute approximate surface area is 117 Å². The van der Waals surface area contributed by atoms with Crippen molar-refractivity contribution in [1.29, 1.82) is 0 Å². The smallest absolute Gasteiger partial charge is 0.161 e. The fourth-order valence-electron chi connectivity index (χ4n) is 1.77. The second kappa shape index (κ2) is 8.17. The first-order valence-electron chi connectivity index (χ1n) is 6.44. The topological polar surface area (TPSA) is 61.6 Å². The molecule has 0 spiro atoms. The van der Waals surface area contributed by atoms with Crippen LogP contribution in [0, 0.1) is 0 Å². The van der Waals surface area contributed by atoms with Gasteiger partial charge in [-0.1, -0.05) is 19.4 Å². The van der Waals surface area contributed by atoms with Gasteiger partial charge in [-0.05, 0) is 24.1 Å². The summed E-state index contributed by atoms with van der Waals surface area (Å²) in [6.45, 7) is 2.09. The van der Waals surface area contributed by atoms with Gasteiger partial charge in [0.15, 0.2) is 11.5 Å². The summed E-state index contributed by atoms with van der Waals surface area (Å²) in [6, 6.07) is 5.32. The molecular formula is C14H23NO3S. The monoisotopic (exact) mass is 285 g/mol. The lowest BCUT2D eigenvalue weighted by Gasteiger charge is -2.14. The highest BCUT2D eigenvalue weighted by Gasteiger charge is 2.13. The van der Waals surface area contributed by atoms with Crippen LogP contribution < -0.4 is 15.2 Å². The first kappa shape index (κ1) is 16.0. The van der Waals surface area contributed by atoms with Crippen molar-refractivity contribution in [2.45, 2.75) is 25.8 Å². The quantitative estimate of drug-likeness (QED) is 0.796. The Bertz CT molecular complexity index is 423. The molecule has 0 aliphatic heterocycles. The maximum Gasteiger partial charge on any atom is 0.161 e. The van der Waals surface area contributed by atoms with Gasteiger partial charge in [-0.3, -0.25) is 4.21 Å². The van der Waals surface area contributed by atoms with Crippen molar-refractivity contribution in [2.24, 2.45) is 5.73 Å². The van der Waals surface area contributed by atoms with E-state index >= 15 is 0 Å². The van der Waals surface area contributed by atoms with Crippen molar-refractivity contribution < 1.29 is 13.7 Å². The molecule has 5 heteroatoms. The van der Waals surface area contributed by atoms with Crippen molar-refractivity contribution in [3.8, 4) is 11.5 Å². The van der Waals surface area contributed by atoms with Crippen LogP contribution in [0.5, 0.6) is 11.5 Å². The van der Waals surface area contributed by atoms with E-state index in [0.29, 0.717) is 17.3 Å². The lowest BCUT2D eigenvalue weighted by Crippen LogP contribution is -2.19. The molecule has 2 N–H and O–H groups in total. The van der Waals surface area contributed by atoms with E-state index in [4.69, 9.17) is 15.2 Å². The molecule has 1 aromatic rings. The van der Waals surface area contributed by atoms with Crippen LogP contribution >= 0.6 is 0 Å². The number of rotatable bonds is 8. The standard InChI is InChI=1S/C14H23NO3S/c1-4-5-8-19(16)10-12(15)11-6-7-13(17-2)14(9-11)18-3/h6-7,9,12H,4-5,8,10,15H2,1-3H3. The Kier molecular flexibility index (Phi) is 6.87. The second-order valence-electron chi connectivity index (χ2n) is 4.39. The fraction of sp³-hybridized carbons (Fsp3) is 0.571. The minimum Gasteiger partial charge on any atom is -0.493 e. The molecule has 1 aromatic carbocycles. The first-order valence-corrected chi connectivity index (χ1v) is 7.93. The molecule has 0 saturated heterocycles. The van der Waals surface area contributed by atoms with E-state index in [1.165, 1.54) is 0 Å². The van der Waals surface area contributed by atoms with Gasteiger partial charge in [-0.2, -0.15) is 0 Å². The van der Waals surface area contributed by atoms with E-state index in [2.05, 4.69) is 6.92 Å². The third kappa shape index (κ3) is 4.84. The molecule has 0 aliphatic rings. The molecule has 0 bridgehead atoms. The summed E-state index contributed by atoms with van der Waals surface area (Å²) in [5.41, 5.74) is 7.01. The van der Waals surface area contributed by atoms with Crippen molar-refractivity contribution in [3.05, 3.63) is 23.8 Å². The summed E-state index contributed by atoms with van der Waals surface area (Å²) in [6.07, 6.45) is 2.03. The maximum absolute atomic E-state index is 11.8. The van der Waals surface area contributed by atoms with Crippen LogP contribution in [-0.4, -0.2) is 29.9 Å². The Morgan fingerprint density at radius 3 is 2.53 bits per heavy atom. The van der Waals surface area contributed by atoms with E-state index in [0.717, 1.165) is 24.2 Å². The van der Waals surface area contributed by atoms with Gasteiger partial charge in [0, 0.05) is 28.3 Å². The highest BCUT2D eigenvalue weighted by molar-refractivity contribution is 7.85. The lowest BCUT2D eigenvalue weighted by atomic mass is 10.1. The molecule has 0 amide bonds. The summed E-state index contributed by atoms with van der Waals surface area (Å²) < 4.78 is 22.3. The molecule has 0 radical (unpaired) electrons. The zero-order valence-electron chi connectivity index (χ0n) is 11.8. The number of hydrogen-bond donors (Lipinski definition) is 1. The Morgan fingerprint density at radius 1 is 1.26 bits per heavy atom. The largest absolute Gasteiger partial charge is 0.493 e. The molecule has 108 valence electrons. The minimum atomic E-state index is -0.863. The van der Waals surface area contributed by atoms with E-state index in [9.17, 15) is 4.21 Å². The summed E-state index contributed by atoms with van der Waals surface area (Å²) in [7, 11) is 2.32. The highest BCUT2D eigenvalue weighted by Crippen LogP contribution is 2.29. The number of methoxy groups -OCH3 is 2.